The van der Waals surface area contributed by atoms with E-state index in [1.54, 1.807) is 6.07 Å². The largest absolute Gasteiger partial charge is 0.345 e. The molecule has 0 saturated carbocycles. The molecule has 1 amide bonds. The molecule has 76 valence electrons. The van der Waals surface area contributed by atoms with Crippen LogP contribution in [0.25, 0.3) is 0 Å². The molecule has 0 saturated heterocycles. The summed E-state index contributed by atoms with van der Waals surface area (Å²) in [4.78, 5) is 12.7. The van der Waals surface area contributed by atoms with Crippen LogP contribution in [0.5, 0.6) is 0 Å². The van der Waals surface area contributed by atoms with Crippen molar-refractivity contribution in [1.82, 2.24) is 4.90 Å². The van der Waals surface area contributed by atoms with E-state index in [1.165, 1.54) is 37.2 Å². The average molecular weight is 199 g/mol. The number of rotatable bonds is 2. The van der Waals surface area contributed by atoms with Crippen LogP contribution in [0, 0.1) is 0 Å². The summed E-state index contributed by atoms with van der Waals surface area (Å²) in [5.41, 5.74) is -0.154. The first-order valence-electron chi connectivity index (χ1n) is 4.12. The first kappa shape index (κ1) is 10.6. The third-order valence-electron chi connectivity index (χ3n) is 1.83. The third-order valence-corrected chi connectivity index (χ3v) is 1.83. The molecule has 0 aliphatic carbocycles. The highest BCUT2D eigenvalue weighted by Crippen LogP contribution is 2.23. The maximum absolute atomic E-state index is 12.5. The van der Waals surface area contributed by atoms with Crippen molar-refractivity contribution in [3.63, 3.8) is 0 Å². The summed E-state index contributed by atoms with van der Waals surface area (Å²) in [6.07, 6.45) is -2.62. The van der Waals surface area contributed by atoms with Gasteiger partial charge in [-0.2, -0.15) is 0 Å². The number of carbonyl (C=O) groups excluding carboxylic acids is 1. The van der Waals surface area contributed by atoms with E-state index in [1.807, 2.05) is 0 Å². The lowest BCUT2D eigenvalue weighted by atomic mass is 10.1. The number of halogens is 2. The summed E-state index contributed by atoms with van der Waals surface area (Å²) in [7, 11) is 3.06. The summed E-state index contributed by atoms with van der Waals surface area (Å²) in [5.74, 6) is -0.402. The summed E-state index contributed by atoms with van der Waals surface area (Å²) in [5, 5.41) is 0. The van der Waals surface area contributed by atoms with Gasteiger partial charge < -0.3 is 4.90 Å². The van der Waals surface area contributed by atoms with Gasteiger partial charge in [-0.1, -0.05) is 18.2 Å². The van der Waals surface area contributed by atoms with Crippen molar-refractivity contribution in [2.75, 3.05) is 14.1 Å². The molecule has 1 aromatic rings. The third kappa shape index (κ3) is 2.07. The van der Waals surface area contributed by atoms with E-state index in [0.717, 1.165) is 0 Å². The molecule has 0 aliphatic heterocycles. The Balaban J connectivity index is 3.13. The molecule has 0 fully saturated rings. The molecule has 0 unspecified atom stereocenters. The summed E-state index contributed by atoms with van der Waals surface area (Å²) >= 11 is 0. The molecule has 0 radical (unpaired) electrons. The Labute approximate surface area is 81.1 Å². The Morgan fingerprint density at radius 3 is 2.36 bits per heavy atom. The second-order valence-corrected chi connectivity index (χ2v) is 3.09. The lowest BCUT2D eigenvalue weighted by Crippen LogP contribution is -2.23. The summed E-state index contributed by atoms with van der Waals surface area (Å²) in [6, 6.07) is 5.74. The zero-order chi connectivity index (χ0) is 10.7. The van der Waals surface area contributed by atoms with Crippen molar-refractivity contribution in [3.8, 4) is 0 Å². The minimum Gasteiger partial charge on any atom is -0.345 e. The van der Waals surface area contributed by atoms with Gasteiger partial charge in [0.2, 0.25) is 0 Å². The smallest absolute Gasteiger partial charge is 0.264 e. The number of benzene rings is 1. The van der Waals surface area contributed by atoms with Crippen LogP contribution in [-0.2, 0) is 0 Å². The fourth-order valence-electron chi connectivity index (χ4n) is 1.12. The predicted molar refractivity (Wildman–Crippen MR) is 49.4 cm³/mol. The van der Waals surface area contributed by atoms with Crippen LogP contribution in [0.15, 0.2) is 24.3 Å². The highest BCUT2D eigenvalue weighted by molar-refractivity contribution is 5.95. The van der Waals surface area contributed by atoms with Gasteiger partial charge in [-0.3, -0.25) is 4.79 Å². The van der Waals surface area contributed by atoms with Crippen molar-refractivity contribution < 1.29 is 13.6 Å². The minimum absolute atomic E-state index is 0.0625. The molecule has 0 N–H and O–H groups in total. The van der Waals surface area contributed by atoms with Crippen molar-refractivity contribution in [2.24, 2.45) is 0 Å². The van der Waals surface area contributed by atoms with Gasteiger partial charge >= 0.3 is 0 Å². The highest BCUT2D eigenvalue weighted by atomic mass is 19.3. The van der Waals surface area contributed by atoms with Gasteiger partial charge in [0.05, 0.1) is 0 Å². The predicted octanol–water partition coefficient (Wildman–Crippen LogP) is 2.33. The quantitative estimate of drug-likeness (QED) is 0.715. The Morgan fingerprint density at radius 1 is 1.29 bits per heavy atom. The van der Waals surface area contributed by atoms with Gasteiger partial charge in [0, 0.05) is 25.2 Å². The molecule has 1 aromatic carbocycles. The van der Waals surface area contributed by atoms with E-state index >= 15 is 0 Å². The lowest BCUT2D eigenvalue weighted by molar-refractivity contribution is 0.0815. The first-order valence-corrected chi connectivity index (χ1v) is 4.12. The van der Waals surface area contributed by atoms with Crippen LogP contribution in [-0.4, -0.2) is 24.9 Å². The number of hydrogen-bond acceptors (Lipinski definition) is 1. The maximum Gasteiger partial charge on any atom is 0.264 e. The van der Waals surface area contributed by atoms with Crippen molar-refractivity contribution in [3.05, 3.63) is 35.4 Å². The molecule has 1 rings (SSSR count). The minimum atomic E-state index is -2.62. The molecule has 0 heterocycles. The second kappa shape index (κ2) is 4.17. The average Bonchev–Trinajstić information content (AvgIpc) is 2.16. The van der Waals surface area contributed by atoms with E-state index in [-0.39, 0.29) is 11.1 Å². The number of amides is 1. The Morgan fingerprint density at radius 2 is 1.86 bits per heavy atom. The fourth-order valence-corrected chi connectivity index (χ4v) is 1.12. The molecular formula is C10H11F2NO. The maximum atomic E-state index is 12.5. The topological polar surface area (TPSA) is 20.3 Å². The molecule has 0 bridgehead atoms. The molecule has 0 atom stereocenters. The van der Waals surface area contributed by atoms with E-state index in [4.69, 9.17) is 0 Å². The molecule has 0 aromatic heterocycles. The van der Waals surface area contributed by atoms with Crippen LogP contribution >= 0.6 is 0 Å². The first-order chi connectivity index (χ1) is 6.54. The van der Waals surface area contributed by atoms with Gasteiger partial charge in [0.25, 0.3) is 12.3 Å². The summed E-state index contributed by atoms with van der Waals surface area (Å²) in [6.45, 7) is 0. The molecule has 0 aliphatic rings. The van der Waals surface area contributed by atoms with E-state index < -0.39 is 12.3 Å². The zero-order valence-corrected chi connectivity index (χ0v) is 8.00. The lowest BCUT2D eigenvalue weighted by Gasteiger charge is -2.13. The van der Waals surface area contributed by atoms with Crippen molar-refractivity contribution in [1.29, 1.82) is 0 Å². The standard InChI is InChI=1S/C10H11F2NO/c1-13(2)10(14)8-6-4-3-5-7(8)9(11)12/h3-6,9H,1-2H3. The van der Waals surface area contributed by atoms with Crippen LogP contribution in [0.1, 0.15) is 22.3 Å². The van der Waals surface area contributed by atoms with Gasteiger partial charge in [0.1, 0.15) is 0 Å². The number of nitrogens with zero attached hydrogens (tertiary/aromatic N) is 1. The van der Waals surface area contributed by atoms with Crippen LogP contribution in [0.4, 0.5) is 8.78 Å². The van der Waals surface area contributed by atoms with Crippen molar-refractivity contribution >= 4 is 5.91 Å². The normalized spacial score (nSPS) is 10.4. The molecule has 0 spiro atoms. The molecule has 4 heteroatoms. The molecule has 2 nitrogen and oxygen atoms in total. The Bertz CT molecular complexity index is 337. The van der Waals surface area contributed by atoms with E-state index in [9.17, 15) is 13.6 Å². The second-order valence-electron chi connectivity index (χ2n) is 3.09. The summed E-state index contributed by atoms with van der Waals surface area (Å²) < 4.78 is 25.0. The van der Waals surface area contributed by atoms with E-state index in [2.05, 4.69) is 0 Å². The monoisotopic (exact) mass is 199 g/mol. The van der Waals surface area contributed by atoms with Crippen LogP contribution in [0.3, 0.4) is 0 Å². The SMILES string of the molecule is CN(C)C(=O)c1ccccc1C(F)F. The molecule has 14 heavy (non-hydrogen) atoms. The van der Waals surface area contributed by atoms with Crippen molar-refractivity contribution in [2.45, 2.75) is 6.43 Å². The number of carbonyl (C=O) groups is 1. The van der Waals surface area contributed by atoms with Gasteiger partial charge in [-0.05, 0) is 6.07 Å². The van der Waals surface area contributed by atoms with Crippen LogP contribution in [0.2, 0.25) is 0 Å². The number of alkyl halides is 2. The number of hydrogen-bond donors (Lipinski definition) is 0. The van der Waals surface area contributed by atoms with Gasteiger partial charge in [-0.15, -0.1) is 0 Å². The zero-order valence-electron chi connectivity index (χ0n) is 8.00. The fraction of sp³-hybridized carbons (Fsp3) is 0.300. The van der Waals surface area contributed by atoms with Crippen LogP contribution < -0.4 is 0 Å². The highest BCUT2D eigenvalue weighted by Gasteiger charge is 2.18. The van der Waals surface area contributed by atoms with Gasteiger partial charge in [-0.25, -0.2) is 8.78 Å². The molecular weight excluding hydrogens is 188 g/mol. The van der Waals surface area contributed by atoms with Gasteiger partial charge in [0.15, 0.2) is 0 Å². The Hall–Kier alpha value is -1.45. The Kier molecular flexibility index (Phi) is 3.17. The van der Waals surface area contributed by atoms with E-state index in [0.29, 0.717) is 0 Å².